The normalized spacial score (nSPS) is 10.7. The molecule has 0 spiro atoms. The summed E-state index contributed by atoms with van der Waals surface area (Å²) in [7, 11) is 0. The Balaban J connectivity index is 2.63. The first kappa shape index (κ1) is 14.6. The van der Waals surface area contributed by atoms with Crippen LogP contribution in [0.4, 0.5) is 0 Å². The predicted molar refractivity (Wildman–Crippen MR) is 68.5 cm³/mol. The molecule has 1 heterocycles. The molecule has 0 aromatic carbocycles. The molecule has 4 N–H and O–H groups in total. The van der Waals surface area contributed by atoms with Crippen molar-refractivity contribution in [2.24, 2.45) is 5.84 Å². The number of aliphatic hydroxyl groups is 1. The molecule has 0 aliphatic carbocycles. The fourth-order valence-electron chi connectivity index (χ4n) is 1.69. The second-order valence-corrected chi connectivity index (χ2v) is 4.01. The SMILES string of the molecule is CCCN(CCO)Cc1ccc(C(=O)NN)cn1. The number of aliphatic hydroxyl groups excluding tert-OH is 1. The van der Waals surface area contributed by atoms with Crippen LogP contribution in [0, 0.1) is 0 Å². The zero-order valence-electron chi connectivity index (χ0n) is 10.6. The van der Waals surface area contributed by atoms with Gasteiger partial charge in [0.25, 0.3) is 5.91 Å². The van der Waals surface area contributed by atoms with Crippen LogP contribution in [0.1, 0.15) is 29.4 Å². The van der Waals surface area contributed by atoms with Crippen LogP contribution in [0.25, 0.3) is 0 Å². The maximum absolute atomic E-state index is 11.2. The second-order valence-electron chi connectivity index (χ2n) is 4.01. The number of hydrogen-bond donors (Lipinski definition) is 3. The zero-order valence-corrected chi connectivity index (χ0v) is 10.6. The van der Waals surface area contributed by atoms with E-state index in [1.807, 2.05) is 0 Å². The first-order valence-electron chi connectivity index (χ1n) is 6.00. The molecule has 0 saturated heterocycles. The van der Waals surface area contributed by atoms with Gasteiger partial charge in [-0.2, -0.15) is 0 Å². The highest BCUT2D eigenvalue weighted by atomic mass is 16.3. The van der Waals surface area contributed by atoms with Crippen LogP contribution in [0.2, 0.25) is 0 Å². The average Bonchev–Trinajstić information content (AvgIpc) is 2.39. The number of aromatic nitrogens is 1. The number of rotatable bonds is 7. The molecule has 1 rings (SSSR count). The van der Waals surface area contributed by atoms with E-state index in [2.05, 4.69) is 22.2 Å². The minimum Gasteiger partial charge on any atom is -0.395 e. The molecule has 1 amide bonds. The standard InChI is InChI=1S/C12H20N4O2/c1-2-5-16(6-7-17)9-11-4-3-10(8-14-11)12(18)15-13/h3-4,8,17H,2,5-7,9,13H2,1H3,(H,15,18). The number of nitrogen functional groups attached to an aromatic ring is 1. The van der Waals surface area contributed by atoms with Crippen molar-refractivity contribution < 1.29 is 9.90 Å². The summed E-state index contributed by atoms with van der Waals surface area (Å²) in [4.78, 5) is 17.6. The number of pyridine rings is 1. The lowest BCUT2D eigenvalue weighted by atomic mass is 10.2. The van der Waals surface area contributed by atoms with Crippen LogP contribution in [0.15, 0.2) is 18.3 Å². The highest BCUT2D eigenvalue weighted by molar-refractivity contribution is 5.93. The van der Waals surface area contributed by atoms with Crippen molar-refractivity contribution in [2.45, 2.75) is 19.9 Å². The van der Waals surface area contributed by atoms with Crippen LogP contribution in [0.3, 0.4) is 0 Å². The maximum atomic E-state index is 11.2. The van der Waals surface area contributed by atoms with E-state index in [1.54, 1.807) is 12.1 Å². The summed E-state index contributed by atoms with van der Waals surface area (Å²) in [6, 6.07) is 3.48. The van der Waals surface area contributed by atoms with Crippen LogP contribution in [0.5, 0.6) is 0 Å². The molecule has 1 aromatic heterocycles. The van der Waals surface area contributed by atoms with Gasteiger partial charge in [-0.25, -0.2) is 5.84 Å². The van der Waals surface area contributed by atoms with Crippen LogP contribution in [-0.2, 0) is 6.54 Å². The molecule has 0 atom stereocenters. The first-order chi connectivity index (χ1) is 8.71. The Bertz CT molecular complexity index is 361. The molecule has 6 nitrogen and oxygen atoms in total. The summed E-state index contributed by atoms with van der Waals surface area (Å²) in [6.07, 6.45) is 2.52. The summed E-state index contributed by atoms with van der Waals surface area (Å²) in [5.41, 5.74) is 3.36. The molecule has 0 unspecified atom stereocenters. The van der Waals surface area contributed by atoms with Crippen molar-refractivity contribution in [1.29, 1.82) is 0 Å². The third-order valence-corrected chi connectivity index (χ3v) is 2.56. The van der Waals surface area contributed by atoms with Crippen LogP contribution >= 0.6 is 0 Å². The summed E-state index contributed by atoms with van der Waals surface area (Å²) >= 11 is 0. The Morgan fingerprint density at radius 3 is 2.78 bits per heavy atom. The number of carbonyl (C=O) groups excluding carboxylic acids is 1. The fourth-order valence-corrected chi connectivity index (χ4v) is 1.69. The minimum atomic E-state index is -0.352. The van der Waals surface area contributed by atoms with Crippen molar-refractivity contribution in [3.8, 4) is 0 Å². The van der Waals surface area contributed by atoms with E-state index in [-0.39, 0.29) is 12.5 Å². The Kier molecular flexibility index (Phi) is 6.27. The van der Waals surface area contributed by atoms with Gasteiger partial charge in [0.1, 0.15) is 0 Å². The Morgan fingerprint density at radius 1 is 1.50 bits per heavy atom. The summed E-state index contributed by atoms with van der Waals surface area (Å²) in [5, 5.41) is 8.96. The van der Waals surface area contributed by atoms with Gasteiger partial charge >= 0.3 is 0 Å². The van der Waals surface area contributed by atoms with Gasteiger partial charge in [-0.3, -0.25) is 20.1 Å². The van der Waals surface area contributed by atoms with E-state index >= 15 is 0 Å². The minimum absolute atomic E-state index is 0.133. The topological polar surface area (TPSA) is 91.5 Å². The molecule has 0 aliphatic rings. The van der Waals surface area contributed by atoms with Gasteiger partial charge in [-0.15, -0.1) is 0 Å². The molecule has 18 heavy (non-hydrogen) atoms. The van der Waals surface area contributed by atoms with Crippen LogP contribution in [-0.4, -0.2) is 40.6 Å². The predicted octanol–water partition coefficient (Wildman–Crippen LogP) is -0.111. The zero-order chi connectivity index (χ0) is 13.4. The average molecular weight is 252 g/mol. The van der Waals surface area contributed by atoms with Gasteiger partial charge in [0.2, 0.25) is 0 Å². The number of nitrogens with two attached hydrogens (primary N) is 1. The molecule has 0 saturated carbocycles. The van der Waals surface area contributed by atoms with E-state index in [0.717, 1.165) is 18.7 Å². The molecule has 0 aliphatic heterocycles. The van der Waals surface area contributed by atoms with Crippen molar-refractivity contribution in [3.63, 3.8) is 0 Å². The molecule has 1 aromatic rings. The fraction of sp³-hybridized carbons (Fsp3) is 0.500. The number of hydrazine groups is 1. The van der Waals surface area contributed by atoms with Gasteiger partial charge in [0, 0.05) is 19.3 Å². The van der Waals surface area contributed by atoms with E-state index in [1.165, 1.54) is 6.20 Å². The lowest BCUT2D eigenvalue weighted by Gasteiger charge is -2.19. The first-order valence-corrected chi connectivity index (χ1v) is 6.00. The highest BCUT2D eigenvalue weighted by Gasteiger charge is 2.07. The van der Waals surface area contributed by atoms with Gasteiger partial charge < -0.3 is 5.11 Å². The number of hydrogen-bond acceptors (Lipinski definition) is 5. The van der Waals surface area contributed by atoms with Gasteiger partial charge in [0.05, 0.1) is 17.9 Å². The maximum Gasteiger partial charge on any atom is 0.266 e. The smallest absolute Gasteiger partial charge is 0.266 e. The number of carbonyl (C=O) groups is 1. The number of amides is 1. The van der Waals surface area contributed by atoms with E-state index in [4.69, 9.17) is 10.9 Å². The molecule has 0 bridgehead atoms. The van der Waals surface area contributed by atoms with Gasteiger partial charge in [-0.1, -0.05) is 6.92 Å². The van der Waals surface area contributed by atoms with Crippen molar-refractivity contribution in [3.05, 3.63) is 29.6 Å². The number of nitrogens with zero attached hydrogens (tertiary/aromatic N) is 2. The van der Waals surface area contributed by atoms with Gasteiger partial charge in [-0.05, 0) is 25.1 Å². The Morgan fingerprint density at radius 2 is 2.28 bits per heavy atom. The van der Waals surface area contributed by atoms with E-state index in [9.17, 15) is 4.79 Å². The van der Waals surface area contributed by atoms with Gasteiger partial charge in [0.15, 0.2) is 0 Å². The third-order valence-electron chi connectivity index (χ3n) is 2.56. The lowest BCUT2D eigenvalue weighted by Crippen LogP contribution is -2.30. The molecule has 0 radical (unpaired) electrons. The molecule has 6 heteroatoms. The molecular weight excluding hydrogens is 232 g/mol. The van der Waals surface area contributed by atoms with E-state index in [0.29, 0.717) is 18.7 Å². The summed E-state index contributed by atoms with van der Waals surface area (Å²) < 4.78 is 0. The summed E-state index contributed by atoms with van der Waals surface area (Å²) in [6.45, 7) is 4.42. The second kappa shape index (κ2) is 7.75. The van der Waals surface area contributed by atoms with Crippen molar-refractivity contribution in [1.82, 2.24) is 15.3 Å². The largest absolute Gasteiger partial charge is 0.395 e. The molecule has 100 valence electrons. The van der Waals surface area contributed by atoms with E-state index < -0.39 is 0 Å². The van der Waals surface area contributed by atoms with Crippen molar-refractivity contribution in [2.75, 3.05) is 19.7 Å². The number of nitrogens with one attached hydrogen (secondary N) is 1. The Hall–Kier alpha value is -1.50. The van der Waals surface area contributed by atoms with Crippen molar-refractivity contribution >= 4 is 5.91 Å². The third kappa shape index (κ3) is 4.40. The molecule has 0 fully saturated rings. The quantitative estimate of drug-likeness (QED) is 0.358. The summed E-state index contributed by atoms with van der Waals surface area (Å²) in [5.74, 6) is 4.69. The van der Waals surface area contributed by atoms with Crippen LogP contribution < -0.4 is 11.3 Å². The lowest BCUT2D eigenvalue weighted by molar-refractivity contribution is 0.0953. The highest BCUT2D eigenvalue weighted by Crippen LogP contribution is 2.04. The monoisotopic (exact) mass is 252 g/mol. The molecular formula is C12H20N4O2. The Labute approximate surface area is 107 Å².